The number of urea groups is 1. The quantitative estimate of drug-likeness (QED) is 0.897. The smallest absolute Gasteiger partial charge is 0.319 e. The van der Waals surface area contributed by atoms with Crippen LogP contribution >= 0.6 is 0 Å². The molecule has 1 saturated carbocycles. The summed E-state index contributed by atoms with van der Waals surface area (Å²) in [7, 11) is 0. The molecule has 2 heterocycles. The number of nitrogens with zero attached hydrogens (tertiary/aromatic N) is 3. The van der Waals surface area contributed by atoms with E-state index >= 15 is 0 Å². The van der Waals surface area contributed by atoms with Crippen LogP contribution in [0.5, 0.6) is 0 Å². The second-order valence-electron chi connectivity index (χ2n) is 6.25. The van der Waals surface area contributed by atoms with E-state index in [-0.39, 0.29) is 18.5 Å². The van der Waals surface area contributed by atoms with Gasteiger partial charge in [-0.3, -0.25) is 9.69 Å². The van der Waals surface area contributed by atoms with Crippen molar-refractivity contribution in [2.45, 2.75) is 32.4 Å². The number of para-hydroxylation sites is 1. The monoisotopic (exact) mass is 313 g/mol. The van der Waals surface area contributed by atoms with Crippen molar-refractivity contribution in [1.82, 2.24) is 25.1 Å². The van der Waals surface area contributed by atoms with Crippen molar-refractivity contribution in [1.29, 1.82) is 0 Å². The molecule has 1 aliphatic heterocycles. The summed E-state index contributed by atoms with van der Waals surface area (Å²) in [6.07, 6.45) is 2.11. The van der Waals surface area contributed by atoms with Crippen LogP contribution in [-0.4, -0.2) is 51.0 Å². The lowest BCUT2D eigenvalue weighted by Gasteiger charge is -2.17. The first kappa shape index (κ1) is 14.0. The number of hydrogen-bond donors (Lipinski definition) is 2. The van der Waals surface area contributed by atoms with Crippen molar-refractivity contribution in [2.24, 2.45) is 0 Å². The molecule has 7 heteroatoms. The molecule has 0 unspecified atom stereocenters. The van der Waals surface area contributed by atoms with Crippen LogP contribution < -0.4 is 5.32 Å². The molecule has 2 aromatic rings. The minimum Gasteiger partial charge on any atom is -0.340 e. The maximum absolute atomic E-state index is 12.2. The average Bonchev–Trinajstić information content (AvgIpc) is 3.16. The SMILES string of the molecule is Cc1cccc2[nH]c(CNC(=O)N3CC(=O)N(C4CC4)C3)nc12. The molecule has 4 rings (SSSR count). The number of aromatic amines is 1. The average molecular weight is 313 g/mol. The summed E-state index contributed by atoms with van der Waals surface area (Å²) in [4.78, 5) is 35.2. The van der Waals surface area contributed by atoms with Crippen molar-refractivity contribution < 1.29 is 9.59 Å². The molecule has 1 aromatic heterocycles. The van der Waals surface area contributed by atoms with E-state index < -0.39 is 0 Å². The van der Waals surface area contributed by atoms with Crippen LogP contribution in [0.4, 0.5) is 4.79 Å². The third kappa shape index (κ3) is 2.62. The Balaban J connectivity index is 1.39. The van der Waals surface area contributed by atoms with E-state index in [0.717, 1.165) is 29.4 Å². The molecule has 0 radical (unpaired) electrons. The van der Waals surface area contributed by atoms with Crippen LogP contribution in [0, 0.1) is 6.92 Å². The van der Waals surface area contributed by atoms with Gasteiger partial charge in [0.25, 0.3) is 0 Å². The van der Waals surface area contributed by atoms with Gasteiger partial charge in [0.15, 0.2) is 0 Å². The molecule has 1 aromatic carbocycles. The molecule has 7 nitrogen and oxygen atoms in total. The Bertz CT molecular complexity index is 780. The standard InChI is InChI=1S/C16H19N5O2/c1-10-3-2-4-12-15(10)19-13(18-12)7-17-16(23)20-8-14(22)21(9-20)11-5-6-11/h2-4,11H,5-9H2,1H3,(H,17,23)(H,18,19). The Kier molecular flexibility index (Phi) is 3.21. The lowest BCUT2D eigenvalue weighted by molar-refractivity contribution is -0.127. The summed E-state index contributed by atoms with van der Waals surface area (Å²) in [5.74, 6) is 0.759. The molecule has 1 aliphatic carbocycles. The van der Waals surface area contributed by atoms with Gasteiger partial charge in [-0.1, -0.05) is 12.1 Å². The Morgan fingerprint density at radius 1 is 1.43 bits per heavy atom. The van der Waals surface area contributed by atoms with E-state index in [1.807, 2.05) is 25.1 Å². The molecule has 23 heavy (non-hydrogen) atoms. The number of benzene rings is 1. The molecule has 2 fully saturated rings. The fourth-order valence-corrected chi connectivity index (χ4v) is 2.99. The fraction of sp³-hybridized carbons (Fsp3) is 0.438. The van der Waals surface area contributed by atoms with Gasteiger partial charge in [-0.2, -0.15) is 0 Å². The summed E-state index contributed by atoms with van der Waals surface area (Å²) in [5, 5.41) is 2.84. The Morgan fingerprint density at radius 3 is 3.00 bits per heavy atom. The number of carbonyl (C=O) groups is 2. The van der Waals surface area contributed by atoms with Gasteiger partial charge in [-0.05, 0) is 31.4 Å². The maximum atomic E-state index is 12.2. The van der Waals surface area contributed by atoms with Crippen LogP contribution in [0.2, 0.25) is 0 Å². The molecular formula is C16H19N5O2. The largest absolute Gasteiger partial charge is 0.340 e. The van der Waals surface area contributed by atoms with Crippen LogP contribution in [-0.2, 0) is 11.3 Å². The lowest BCUT2D eigenvalue weighted by atomic mass is 10.2. The fourth-order valence-electron chi connectivity index (χ4n) is 2.99. The summed E-state index contributed by atoms with van der Waals surface area (Å²) in [6.45, 7) is 2.89. The third-order valence-electron chi connectivity index (χ3n) is 4.41. The Hall–Kier alpha value is -2.57. The van der Waals surface area contributed by atoms with Gasteiger partial charge in [0.1, 0.15) is 12.4 Å². The van der Waals surface area contributed by atoms with E-state index in [9.17, 15) is 9.59 Å². The maximum Gasteiger partial charge on any atom is 0.319 e. The molecule has 1 saturated heterocycles. The number of hydrogen-bond acceptors (Lipinski definition) is 3. The van der Waals surface area contributed by atoms with Crippen molar-refractivity contribution in [3.63, 3.8) is 0 Å². The van der Waals surface area contributed by atoms with E-state index in [1.54, 1.807) is 9.80 Å². The third-order valence-corrected chi connectivity index (χ3v) is 4.41. The van der Waals surface area contributed by atoms with Crippen molar-refractivity contribution in [2.75, 3.05) is 13.2 Å². The van der Waals surface area contributed by atoms with Crippen LogP contribution in [0.3, 0.4) is 0 Å². The van der Waals surface area contributed by atoms with E-state index in [0.29, 0.717) is 25.1 Å². The van der Waals surface area contributed by atoms with Gasteiger partial charge in [0.2, 0.25) is 5.91 Å². The highest BCUT2D eigenvalue weighted by Gasteiger charge is 2.39. The highest BCUT2D eigenvalue weighted by molar-refractivity contribution is 5.87. The summed E-state index contributed by atoms with van der Waals surface area (Å²) in [5.41, 5.74) is 2.99. The molecule has 3 amide bonds. The van der Waals surface area contributed by atoms with E-state index in [4.69, 9.17) is 0 Å². The number of nitrogens with one attached hydrogen (secondary N) is 2. The van der Waals surface area contributed by atoms with Gasteiger partial charge >= 0.3 is 6.03 Å². The number of H-pyrrole nitrogens is 1. The van der Waals surface area contributed by atoms with E-state index in [2.05, 4.69) is 15.3 Å². The summed E-state index contributed by atoms with van der Waals surface area (Å²) >= 11 is 0. The molecule has 120 valence electrons. The first-order valence-corrected chi connectivity index (χ1v) is 7.88. The zero-order chi connectivity index (χ0) is 16.0. The number of aryl methyl sites for hydroxylation is 1. The lowest BCUT2D eigenvalue weighted by Crippen LogP contribution is -2.39. The number of rotatable bonds is 3. The van der Waals surface area contributed by atoms with E-state index in [1.165, 1.54) is 0 Å². The molecule has 0 bridgehead atoms. The topological polar surface area (TPSA) is 81.3 Å². The van der Waals surface area contributed by atoms with Crippen LogP contribution in [0.15, 0.2) is 18.2 Å². The van der Waals surface area contributed by atoms with Crippen molar-refractivity contribution in [3.05, 3.63) is 29.6 Å². The molecule has 2 aliphatic rings. The molecule has 0 spiro atoms. The predicted octanol–water partition coefficient (Wildman–Crippen LogP) is 1.35. The minimum atomic E-state index is -0.223. The first-order chi connectivity index (χ1) is 11.1. The van der Waals surface area contributed by atoms with Crippen LogP contribution in [0.1, 0.15) is 24.2 Å². The number of amides is 3. The highest BCUT2D eigenvalue weighted by Crippen LogP contribution is 2.29. The summed E-state index contributed by atoms with van der Waals surface area (Å²) < 4.78 is 0. The zero-order valence-electron chi connectivity index (χ0n) is 13.0. The Morgan fingerprint density at radius 2 is 2.26 bits per heavy atom. The van der Waals surface area contributed by atoms with Crippen LogP contribution in [0.25, 0.3) is 11.0 Å². The molecular weight excluding hydrogens is 294 g/mol. The highest BCUT2D eigenvalue weighted by atomic mass is 16.2. The number of carbonyl (C=O) groups excluding carboxylic acids is 2. The van der Waals surface area contributed by atoms with Gasteiger partial charge in [0, 0.05) is 6.04 Å². The van der Waals surface area contributed by atoms with Gasteiger partial charge < -0.3 is 15.2 Å². The van der Waals surface area contributed by atoms with Crippen molar-refractivity contribution >= 4 is 23.0 Å². The second-order valence-corrected chi connectivity index (χ2v) is 6.25. The van der Waals surface area contributed by atoms with Gasteiger partial charge in [-0.15, -0.1) is 0 Å². The molecule has 0 atom stereocenters. The minimum absolute atomic E-state index is 0.0435. The van der Waals surface area contributed by atoms with Gasteiger partial charge in [-0.25, -0.2) is 9.78 Å². The Labute approximate surface area is 133 Å². The zero-order valence-corrected chi connectivity index (χ0v) is 13.0. The van der Waals surface area contributed by atoms with Gasteiger partial charge in [0.05, 0.1) is 24.2 Å². The van der Waals surface area contributed by atoms with Crippen molar-refractivity contribution in [3.8, 4) is 0 Å². The number of fused-ring (bicyclic) bond motifs is 1. The first-order valence-electron chi connectivity index (χ1n) is 7.88. The number of aromatic nitrogens is 2. The summed E-state index contributed by atoms with van der Waals surface area (Å²) in [6, 6.07) is 6.07. The predicted molar refractivity (Wildman–Crippen MR) is 84.5 cm³/mol. The molecule has 2 N–H and O–H groups in total. The second kappa shape index (κ2) is 5.26. The normalized spacial score (nSPS) is 18.0. The number of imidazole rings is 1.